The van der Waals surface area contributed by atoms with E-state index in [2.05, 4.69) is 55.7 Å². The summed E-state index contributed by atoms with van der Waals surface area (Å²) in [5.41, 5.74) is 2.71. The maximum atomic E-state index is 3.70. The zero-order valence-corrected chi connectivity index (χ0v) is 11.9. The number of hydrogen-bond donors (Lipinski definition) is 2. The van der Waals surface area contributed by atoms with Crippen molar-refractivity contribution in [3.05, 3.63) is 35.4 Å². The van der Waals surface area contributed by atoms with Gasteiger partial charge in [0, 0.05) is 18.1 Å². The Morgan fingerprint density at radius 3 is 2.61 bits per heavy atom. The van der Waals surface area contributed by atoms with Crippen molar-refractivity contribution >= 4 is 0 Å². The molecule has 1 aliphatic heterocycles. The second-order valence-electron chi connectivity index (χ2n) is 5.73. The van der Waals surface area contributed by atoms with Crippen molar-refractivity contribution in [3.63, 3.8) is 0 Å². The largest absolute Gasteiger partial charge is 0.314 e. The fraction of sp³-hybridized carbons (Fsp3) is 0.625. The van der Waals surface area contributed by atoms with Crippen LogP contribution in [0, 0.1) is 6.92 Å². The molecule has 1 saturated heterocycles. The summed E-state index contributed by atoms with van der Waals surface area (Å²) in [6, 6.07) is 10.6. The molecule has 2 heteroatoms. The molecule has 0 spiro atoms. The van der Waals surface area contributed by atoms with Gasteiger partial charge < -0.3 is 10.6 Å². The van der Waals surface area contributed by atoms with Crippen LogP contribution in [0.25, 0.3) is 0 Å². The summed E-state index contributed by atoms with van der Waals surface area (Å²) in [4.78, 5) is 0. The smallest absolute Gasteiger partial charge is 0.0294 e. The number of hydrogen-bond acceptors (Lipinski definition) is 2. The van der Waals surface area contributed by atoms with E-state index in [1.807, 2.05) is 0 Å². The molecule has 3 atom stereocenters. The molecule has 1 aliphatic rings. The van der Waals surface area contributed by atoms with Crippen molar-refractivity contribution in [2.24, 2.45) is 0 Å². The highest BCUT2D eigenvalue weighted by atomic mass is 15.0. The molecule has 0 bridgehead atoms. The standard InChI is InChI=1S/C16H26N2/c1-12-6-8-15(9-7-12)14(3)18-13(2)11-16-5-4-10-17-16/h6-9,13-14,16-18H,4-5,10-11H2,1-3H3/t13?,14-,16?/m1/s1. The van der Waals surface area contributed by atoms with E-state index in [0.29, 0.717) is 12.1 Å². The minimum absolute atomic E-state index is 0.432. The lowest BCUT2D eigenvalue weighted by atomic mass is 10.0. The molecule has 1 fully saturated rings. The molecule has 1 heterocycles. The molecule has 0 saturated carbocycles. The van der Waals surface area contributed by atoms with E-state index in [4.69, 9.17) is 0 Å². The molecule has 0 radical (unpaired) electrons. The van der Waals surface area contributed by atoms with Gasteiger partial charge in [-0.3, -0.25) is 0 Å². The Bertz CT molecular complexity index is 352. The quantitative estimate of drug-likeness (QED) is 0.834. The van der Waals surface area contributed by atoms with Gasteiger partial charge in [-0.2, -0.15) is 0 Å². The summed E-state index contributed by atoms with van der Waals surface area (Å²) in [7, 11) is 0. The Morgan fingerprint density at radius 2 is 2.00 bits per heavy atom. The minimum Gasteiger partial charge on any atom is -0.314 e. The highest BCUT2D eigenvalue weighted by Gasteiger charge is 2.18. The lowest BCUT2D eigenvalue weighted by Gasteiger charge is -2.23. The predicted molar refractivity (Wildman–Crippen MR) is 77.8 cm³/mol. The molecular formula is C16H26N2. The average molecular weight is 246 g/mol. The van der Waals surface area contributed by atoms with E-state index >= 15 is 0 Å². The van der Waals surface area contributed by atoms with Crippen molar-refractivity contribution in [1.29, 1.82) is 0 Å². The van der Waals surface area contributed by atoms with Gasteiger partial charge in [-0.1, -0.05) is 29.8 Å². The summed E-state index contributed by atoms with van der Waals surface area (Å²) in [5.74, 6) is 0. The first-order valence-electron chi connectivity index (χ1n) is 7.21. The van der Waals surface area contributed by atoms with Gasteiger partial charge in [-0.25, -0.2) is 0 Å². The summed E-state index contributed by atoms with van der Waals surface area (Å²) >= 11 is 0. The van der Waals surface area contributed by atoms with E-state index in [1.165, 1.54) is 36.9 Å². The normalized spacial score (nSPS) is 22.9. The Labute approximate surface area is 111 Å². The fourth-order valence-corrected chi connectivity index (χ4v) is 2.83. The second kappa shape index (κ2) is 6.35. The first-order chi connectivity index (χ1) is 8.65. The minimum atomic E-state index is 0.432. The fourth-order valence-electron chi connectivity index (χ4n) is 2.83. The van der Waals surface area contributed by atoms with E-state index in [0.717, 1.165) is 6.04 Å². The number of aryl methyl sites for hydroxylation is 1. The Balaban J connectivity index is 1.82. The highest BCUT2D eigenvalue weighted by molar-refractivity contribution is 5.23. The molecule has 100 valence electrons. The SMILES string of the molecule is Cc1ccc([C@@H](C)NC(C)CC2CCCN2)cc1. The molecule has 0 amide bonds. The van der Waals surface area contributed by atoms with Gasteiger partial charge in [0.1, 0.15) is 0 Å². The monoisotopic (exact) mass is 246 g/mol. The second-order valence-corrected chi connectivity index (χ2v) is 5.73. The summed E-state index contributed by atoms with van der Waals surface area (Å²) in [6.45, 7) is 7.88. The van der Waals surface area contributed by atoms with Crippen molar-refractivity contribution < 1.29 is 0 Å². The van der Waals surface area contributed by atoms with Crippen LogP contribution in [-0.2, 0) is 0 Å². The van der Waals surface area contributed by atoms with Gasteiger partial charge in [0.05, 0.1) is 0 Å². The lowest BCUT2D eigenvalue weighted by Crippen LogP contribution is -2.35. The van der Waals surface area contributed by atoms with E-state index in [1.54, 1.807) is 0 Å². The van der Waals surface area contributed by atoms with Crippen molar-refractivity contribution in [2.45, 2.75) is 58.2 Å². The lowest BCUT2D eigenvalue weighted by molar-refractivity contribution is 0.407. The van der Waals surface area contributed by atoms with Gasteiger partial charge >= 0.3 is 0 Å². The number of benzene rings is 1. The topological polar surface area (TPSA) is 24.1 Å². The zero-order valence-electron chi connectivity index (χ0n) is 11.9. The Kier molecular flexibility index (Phi) is 4.79. The van der Waals surface area contributed by atoms with E-state index in [9.17, 15) is 0 Å². The Hall–Kier alpha value is -0.860. The molecular weight excluding hydrogens is 220 g/mol. The van der Waals surface area contributed by atoms with Crippen LogP contribution in [0.4, 0.5) is 0 Å². The summed E-state index contributed by atoms with van der Waals surface area (Å²) in [6.07, 6.45) is 3.91. The van der Waals surface area contributed by atoms with Crippen LogP contribution in [0.3, 0.4) is 0 Å². The third-order valence-electron chi connectivity index (χ3n) is 3.91. The molecule has 1 aromatic rings. The van der Waals surface area contributed by atoms with Crippen LogP contribution in [0.15, 0.2) is 24.3 Å². The van der Waals surface area contributed by atoms with Gasteiger partial charge in [-0.05, 0) is 52.1 Å². The number of rotatable bonds is 5. The third kappa shape index (κ3) is 3.82. The van der Waals surface area contributed by atoms with Crippen molar-refractivity contribution in [1.82, 2.24) is 10.6 Å². The molecule has 2 rings (SSSR count). The highest BCUT2D eigenvalue weighted by Crippen LogP contribution is 2.16. The molecule has 1 aromatic carbocycles. The van der Waals surface area contributed by atoms with Crippen LogP contribution in [0.5, 0.6) is 0 Å². The van der Waals surface area contributed by atoms with Crippen molar-refractivity contribution in [2.75, 3.05) is 6.54 Å². The van der Waals surface area contributed by atoms with Gasteiger partial charge in [0.25, 0.3) is 0 Å². The van der Waals surface area contributed by atoms with Crippen LogP contribution < -0.4 is 10.6 Å². The van der Waals surface area contributed by atoms with Crippen LogP contribution in [0.2, 0.25) is 0 Å². The maximum absolute atomic E-state index is 3.70. The number of nitrogens with one attached hydrogen (secondary N) is 2. The Morgan fingerprint density at radius 1 is 1.28 bits per heavy atom. The van der Waals surface area contributed by atoms with E-state index in [-0.39, 0.29) is 0 Å². The summed E-state index contributed by atoms with van der Waals surface area (Å²) < 4.78 is 0. The van der Waals surface area contributed by atoms with E-state index < -0.39 is 0 Å². The molecule has 18 heavy (non-hydrogen) atoms. The maximum Gasteiger partial charge on any atom is 0.0294 e. The summed E-state index contributed by atoms with van der Waals surface area (Å²) in [5, 5.41) is 7.27. The first kappa shape index (κ1) is 13.6. The average Bonchev–Trinajstić information content (AvgIpc) is 2.82. The zero-order chi connectivity index (χ0) is 13.0. The molecule has 0 aliphatic carbocycles. The van der Waals surface area contributed by atoms with Crippen molar-refractivity contribution in [3.8, 4) is 0 Å². The molecule has 2 unspecified atom stereocenters. The molecule has 2 N–H and O–H groups in total. The van der Waals surface area contributed by atoms with Gasteiger partial charge in [0.15, 0.2) is 0 Å². The van der Waals surface area contributed by atoms with Gasteiger partial charge in [0.2, 0.25) is 0 Å². The van der Waals surface area contributed by atoms with Crippen LogP contribution >= 0.6 is 0 Å². The third-order valence-corrected chi connectivity index (χ3v) is 3.91. The van der Waals surface area contributed by atoms with Crippen LogP contribution in [0.1, 0.15) is 50.3 Å². The molecule has 0 aromatic heterocycles. The first-order valence-corrected chi connectivity index (χ1v) is 7.21. The van der Waals surface area contributed by atoms with Crippen LogP contribution in [-0.4, -0.2) is 18.6 Å². The van der Waals surface area contributed by atoms with Gasteiger partial charge in [-0.15, -0.1) is 0 Å². The molecule has 2 nitrogen and oxygen atoms in total. The predicted octanol–water partition coefficient (Wildman–Crippen LogP) is 3.18.